The minimum atomic E-state index is -0.499. The second-order valence-corrected chi connectivity index (χ2v) is 3.95. The number of allylic oxidation sites excluding steroid dienone is 1. The molecule has 0 aromatic heterocycles. The molecule has 2 aliphatic rings. The second kappa shape index (κ2) is 4.99. The Hall–Kier alpha value is -2.18. The molecule has 1 unspecified atom stereocenters. The van der Waals surface area contributed by atoms with E-state index in [1.54, 1.807) is 13.1 Å². The SMILES string of the molecule is CCOC(=O)NC1=C(N(C)C)C2N=CN=C2N=C1. The van der Waals surface area contributed by atoms with Crippen LogP contribution in [0.2, 0.25) is 0 Å². The summed E-state index contributed by atoms with van der Waals surface area (Å²) in [5.41, 5.74) is 1.42. The van der Waals surface area contributed by atoms with Crippen molar-refractivity contribution >= 4 is 24.5 Å². The Kier molecular flexibility index (Phi) is 3.40. The van der Waals surface area contributed by atoms with Gasteiger partial charge in [-0.2, -0.15) is 0 Å². The Morgan fingerprint density at radius 1 is 1.56 bits per heavy atom. The van der Waals surface area contributed by atoms with E-state index < -0.39 is 6.09 Å². The van der Waals surface area contributed by atoms with Crippen LogP contribution < -0.4 is 5.32 Å². The molecular formula is C11H15N5O2. The zero-order valence-corrected chi connectivity index (χ0v) is 10.5. The number of likely N-dealkylation sites (N-methyl/N-ethyl adjacent to an activating group) is 1. The number of rotatable bonds is 3. The number of amides is 1. The standard InChI is InChI=1S/C11H15N5O2/c1-4-18-11(17)15-7-5-12-10-8(13-6-14-10)9(7)16(2)3/h5-6,8H,4H2,1-3H3,(H,15,17). The fourth-order valence-electron chi connectivity index (χ4n) is 1.80. The van der Waals surface area contributed by atoms with E-state index in [0.717, 1.165) is 5.70 Å². The molecule has 1 amide bonds. The van der Waals surface area contributed by atoms with Crippen LogP contribution in [-0.4, -0.2) is 56.1 Å². The van der Waals surface area contributed by atoms with Crippen LogP contribution in [0.25, 0.3) is 0 Å². The zero-order valence-electron chi connectivity index (χ0n) is 10.5. The third kappa shape index (κ3) is 2.24. The van der Waals surface area contributed by atoms with Crippen LogP contribution in [0.15, 0.2) is 26.4 Å². The van der Waals surface area contributed by atoms with Gasteiger partial charge in [-0.3, -0.25) is 10.3 Å². The van der Waals surface area contributed by atoms with Gasteiger partial charge in [0.25, 0.3) is 0 Å². The highest BCUT2D eigenvalue weighted by Crippen LogP contribution is 2.21. The van der Waals surface area contributed by atoms with E-state index in [0.29, 0.717) is 18.1 Å². The van der Waals surface area contributed by atoms with Gasteiger partial charge >= 0.3 is 6.09 Å². The zero-order chi connectivity index (χ0) is 13.1. The molecule has 0 saturated carbocycles. The largest absolute Gasteiger partial charge is 0.450 e. The van der Waals surface area contributed by atoms with Gasteiger partial charge in [-0.05, 0) is 6.92 Å². The van der Waals surface area contributed by atoms with Crippen molar-refractivity contribution in [3.63, 3.8) is 0 Å². The van der Waals surface area contributed by atoms with Crippen molar-refractivity contribution in [2.75, 3.05) is 20.7 Å². The van der Waals surface area contributed by atoms with Crippen molar-refractivity contribution in [3.8, 4) is 0 Å². The van der Waals surface area contributed by atoms with Gasteiger partial charge in [0.1, 0.15) is 6.34 Å². The molecule has 2 aliphatic heterocycles. The number of ether oxygens (including phenoxy) is 1. The lowest BCUT2D eigenvalue weighted by atomic mass is 10.1. The first kappa shape index (κ1) is 12.3. The van der Waals surface area contributed by atoms with Crippen LogP contribution in [0.5, 0.6) is 0 Å². The van der Waals surface area contributed by atoms with Crippen LogP contribution in [-0.2, 0) is 4.74 Å². The van der Waals surface area contributed by atoms with Gasteiger partial charge in [0.15, 0.2) is 11.9 Å². The summed E-state index contributed by atoms with van der Waals surface area (Å²) in [5.74, 6) is 0.633. The molecule has 0 bridgehead atoms. The first-order chi connectivity index (χ1) is 8.63. The molecule has 0 aromatic rings. The third-order valence-electron chi connectivity index (χ3n) is 2.51. The molecule has 0 radical (unpaired) electrons. The molecule has 7 nitrogen and oxygen atoms in total. The summed E-state index contributed by atoms with van der Waals surface area (Å²) in [5, 5.41) is 2.66. The topological polar surface area (TPSA) is 78.6 Å². The number of hydrogen-bond donors (Lipinski definition) is 1. The average molecular weight is 249 g/mol. The van der Waals surface area contributed by atoms with Gasteiger partial charge < -0.3 is 9.64 Å². The first-order valence-electron chi connectivity index (χ1n) is 5.62. The van der Waals surface area contributed by atoms with Crippen molar-refractivity contribution in [3.05, 3.63) is 11.4 Å². The number of aliphatic imine (C=N–C) groups is 3. The molecule has 7 heteroatoms. The highest BCUT2D eigenvalue weighted by molar-refractivity contribution is 6.08. The number of carbonyl (C=O) groups is 1. The summed E-state index contributed by atoms with van der Waals surface area (Å²) in [6, 6.07) is -0.248. The van der Waals surface area contributed by atoms with Crippen LogP contribution >= 0.6 is 0 Å². The Balaban J connectivity index is 2.27. The van der Waals surface area contributed by atoms with E-state index >= 15 is 0 Å². The molecule has 2 heterocycles. The van der Waals surface area contributed by atoms with Gasteiger partial charge in [0.05, 0.1) is 24.2 Å². The predicted molar refractivity (Wildman–Crippen MR) is 69.1 cm³/mol. The van der Waals surface area contributed by atoms with Crippen molar-refractivity contribution in [2.45, 2.75) is 13.0 Å². The number of hydrogen-bond acceptors (Lipinski definition) is 6. The van der Waals surface area contributed by atoms with E-state index in [1.165, 1.54) is 6.34 Å². The minimum absolute atomic E-state index is 0.248. The monoisotopic (exact) mass is 249 g/mol. The molecular weight excluding hydrogens is 234 g/mol. The molecule has 1 N–H and O–H groups in total. The molecule has 0 aromatic carbocycles. The van der Waals surface area contributed by atoms with Crippen molar-refractivity contribution in [1.82, 2.24) is 10.2 Å². The highest BCUT2D eigenvalue weighted by Gasteiger charge is 2.30. The number of amidine groups is 1. The molecule has 0 aliphatic carbocycles. The van der Waals surface area contributed by atoms with E-state index in [4.69, 9.17) is 4.74 Å². The average Bonchev–Trinajstić information content (AvgIpc) is 2.76. The quantitative estimate of drug-likeness (QED) is 0.786. The Labute approximate surface area is 105 Å². The van der Waals surface area contributed by atoms with E-state index in [9.17, 15) is 4.79 Å². The summed E-state index contributed by atoms with van der Waals surface area (Å²) in [4.78, 5) is 25.8. The fourth-order valence-corrected chi connectivity index (χ4v) is 1.80. The lowest BCUT2D eigenvalue weighted by Gasteiger charge is -2.26. The molecule has 0 saturated heterocycles. The van der Waals surface area contributed by atoms with Crippen molar-refractivity contribution < 1.29 is 9.53 Å². The normalized spacial score (nSPS) is 20.6. The summed E-state index contributed by atoms with van der Waals surface area (Å²) in [6.45, 7) is 2.07. The molecule has 1 atom stereocenters. The van der Waals surface area contributed by atoms with Gasteiger partial charge in [-0.1, -0.05) is 0 Å². The van der Waals surface area contributed by atoms with Gasteiger partial charge in [0, 0.05) is 14.1 Å². The predicted octanol–water partition coefficient (Wildman–Crippen LogP) is 0.399. The van der Waals surface area contributed by atoms with Crippen LogP contribution in [0, 0.1) is 0 Å². The maximum atomic E-state index is 11.5. The highest BCUT2D eigenvalue weighted by atomic mass is 16.5. The fraction of sp³-hybridized carbons (Fsp3) is 0.455. The number of nitrogens with zero attached hydrogens (tertiary/aromatic N) is 4. The number of dihydropyridines is 1. The molecule has 0 spiro atoms. The molecule has 0 fully saturated rings. The van der Waals surface area contributed by atoms with Gasteiger partial charge in [-0.25, -0.2) is 14.8 Å². The summed E-state index contributed by atoms with van der Waals surface area (Å²) < 4.78 is 4.85. The number of nitrogens with one attached hydrogen (secondary N) is 1. The molecule has 2 rings (SSSR count). The minimum Gasteiger partial charge on any atom is -0.450 e. The van der Waals surface area contributed by atoms with Gasteiger partial charge in [-0.15, -0.1) is 0 Å². The maximum Gasteiger partial charge on any atom is 0.411 e. The van der Waals surface area contributed by atoms with Crippen LogP contribution in [0.1, 0.15) is 6.92 Å². The first-order valence-corrected chi connectivity index (χ1v) is 5.62. The van der Waals surface area contributed by atoms with Crippen LogP contribution in [0.3, 0.4) is 0 Å². The molecule has 96 valence electrons. The number of carbonyl (C=O) groups excluding carboxylic acids is 1. The smallest absolute Gasteiger partial charge is 0.411 e. The number of fused-ring (bicyclic) bond motifs is 1. The summed E-state index contributed by atoms with van der Waals surface area (Å²) in [7, 11) is 3.76. The third-order valence-corrected chi connectivity index (χ3v) is 2.51. The summed E-state index contributed by atoms with van der Waals surface area (Å²) >= 11 is 0. The Morgan fingerprint density at radius 3 is 3.00 bits per heavy atom. The number of alkyl carbamates (subject to hydrolysis) is 1. The van der Waals surface area contributed by atoms with Gasteiger partial charge in [0.2, 0.25) is 0 Å². The van der Waals surface area contributed by atoms with E-state index in [2.05, 4.69) is 20.3 Å². The lowest BCUT2D eigenvalue weighted by molar-refractivity contribution is 0.155. The summed E-state index contributed by atoms with van der Waals surface area (Å²) in [6.07, 6.45) is 2.55. The van der Waals surface area contributed by atoms with Crippen LogP contribution in [0.4, 0.5) is 4.79 Å². The Bertz CT molecular complexity index is 476. The van der Waals surface area contributed by atoms with E-state index in [1.807, 2.05) is 19.0 Å². The van der Waals surface area contributed by atoms with Crippen molar-refractivity contribution in [1.29, 1.82) is 0 Å². The second-order valence-electron chi connectivity index (χ2n) is 3.95. The van der Waals surface area contributed by atoms with E-state index in [-0.39, 0.29) is 6.04 Å². The lowest BCUT2D eigenvalue weighted by Crippen LogP contribution is -2.37. The molecule has 18 heavy (non-hydrogen) atoms. The maximum absolute atomic E-state index is 11.5. The van der Waals surface area contributed by atoms with Crippen molar-refractivity contribution in [2.24, 2.45) is 15.0 Å². The Morgan fingerprint density at radius 2 is 2.33 bits per heavy atom.